The number of methoxy groups -OCH3 is 2. The van der Waals surface area contributed by atoms with Crippen LogP contribution < -0.4 is 15.4 Å². The Bertz CT molecular complexity index is 1140. The minimum atomic E-state index is -0.250. The van der Waals surface area contributed by atoms with E-state index >= 15 is 0 Å². The molecule has 0 saturated heterocycles. The fraction of sp³-hybridized carbons (Fsp3) is 0.379. The van der Waals surface area contributed by atoms with E-state index in [2.05, 4.69) is 22.8 Å². The van der Waals surface area contributed by atoms with Gasteiger partial charge >= 0.3 is 0 Å². The summed E-state index contributed by atoms with van der Waals surface area (Å²) in [5.41, 5.74) is 5.39. The zero-order valence-corrected chi connectivity index (χ0v) is 20.7. The summed E-state index contributed by atoms with van der Waals surface area (Å²) in [4.78, 5) is 26.9. The molecule has 0 bridgehead atoms. The lowest BCUT2D eigenvalue weighted by atomic mass is 9.72. The molecule has 1 aliphatic carbocycles. The van der Waals surface area contributed by atoms with Crippen LogP contribution in [0.1, 0.15) is 43.2 Å². The molecule has 6 nitrogen and oxygen atoms in total. The van der Waals surface area contributed by atoms with Gasteiger partial charge in [-0.05, 0) is 43.4 Å². The zero-order valence-electron chi connectivity index (χ0n) is 20.7. The zero-order chi connectivity index (χ0) is 24.8. The molecule has 2 unspecified atom stereocenters. The number of ether oxygens (including phenoxy) is 2. The highest BCUT2D eigenvalue weighted by Gasteiger charge is 2.40. The van der Waals surface area contributed by atoms with Gasteiger partial charge < -0.3 is 20.1 Å². The SMILES string of the molecule is COCCNC(=O)C1=C(C)NC2=C(C(=O)CC(c3ccccc3OC)C2)C1CCc1ccccc1. The van der Waals surface area contributed by atoms with Crippen molar-refractivity contribution in [3.8, 4) is 5.75 Å². The maximum Gasteiger partial charge on any atom is 0.249 e. The number of hydrogen-bond acceptors (Lipinski definition) is 5. The Balaban J connectivity index is 1.65. The number of para-hydroxylation sites is 1. The van der Waals surface area contributed by atoms with E-state index in [1.165, 1.54) is 5.56 Å². The van der Waals surface area contributed by atoms with Crippen LogP contribution in [-0.4, -0.2) is 39.1 Å². The van der Waals surface area contributed by atoms with Gasteiger partial charge in [0, 0.05) is 54.5 Å². The summed E-state index contributed by atoms with van der Waals surface area (Å²) in [5, 5.41) is 6.40. The first-order valence-corrected chi connectivity index (χ1v) is 12.2. The number of allylic oxidation sites excluding steroid dienone is 3. The lowest BCUT2D eigenvalue weighted by Gasteiger charge is -2.37. The Morgan fingerprint density at radius 1 is 1.06 bits per heavy atom. The Labute approximate surface area is 207 Å². The highest BCUT2D eigenvalue weighted by atomic mass is 16.5. The minimum absolute atomic E-state index is 0.0320. The molecular weight excluding hydrogens is 440 g/mol. The van der Waals surface area contributed by atoms with Crippen LogP contribution in [0.15, 0.2) is 77.1 Å². The van der Waals surface area contributed by atoms with E-state index in [1.807, 2.05) is 49.4 Å². The molecule has 0 aromatic heterocycles. The molecule has 2 atom stereocenters. The number of nitrogens with one attached hydrogen (secondary N) is 2. The summed E-state index contributed by atoms with van der Waals surface area (Å²) in [5.74, 6) is 0.541. The van der Waals surface area contributed by atoms with E-state index in [0.717, 1.165) is 34.7 Å². The fourth-order valence-corrected chi connectivity index (χ4v) is 5.31. The highest BCUT2D eigenvalue weighted by molar-refractivity contribution is 6.03. The van der Waals surface area contributed by atoms with Crippen LogP contribution >= 0.6 is 0 Å². The number of aryl methyl sites for hydroxylation is 1. The van der Waals surface area contributed by atoms with Crippen LogP contribution in [-0.2, 0) is 20.7 Å². The van der Waals surface area contributed by atoms with Crippen LogP contribution in [0.4, 0.5) is 0 Å². The van der Waals surface area contributed by atoms with Crippen molar-refractivity contribution in [1.29, 1.82) is 0 Å². The van der Waals surface area contributed by atoms with Crippen LogP contribution in [0.25, 0.3) is 0 Å². The molecule has 0 fully saturated rings. The van der Waals surface area contributed by atoms with Crippen molar-refractivity contribution in [2.75, 3.05) is 27.4 Å². The third-order valence-electron chi connectivity index (χ3n) is 6.93. The molecule has 2 aromatic rings. The number of hydrogen-bond donors (Lipinski definition) is 2. The van der Waals surface area contributed by atoms with E-state index in [-0.39, 0.29) is 23.5 Å². The molecule has 6 heteroatoms. The number of Topliss-reactive ketones (excluding diaryl/α,β-unsaturated/α-hetero) is 1. The van der Waals surface area contributed by atoms with Gasteiger partial charge in [-0.2, -0.15) is 0 Å². The standard InChI is InChI=1S/C29H34N2O4/c1-19-27(29(33)30-15-16-34-2)23(14-13-20-9-5-4-6-10-20)28-24(31-19)17-21(18-25(28)32)22-11-7-8-12-26(22)35-3/h4-12,21,23,31H,13-18H2,1-3H3,(H,30,33). The number of benzene rings is 2. The largest absolute Gasteiger partial charge is 0.496 e. The molecular formula is C29H34N2O4. The average molecular weight is 475 g/mol. The van der Waals surface area contributed by atoms with Gasteiger partial charge in [0.05, 0.1) is 13.7 Å². The molecule has 1 heterocycles. The first-order valence-electron chi connectivity index (χ1n) is 12.2. The monoisotopic (exact) mass is 474 g/mol. The second kappa shape index (κ2) is 11.4. The van der Waals surface area contributed by atoms with E-state index in [9.17, 15) is 9.59 Å². The maximum atomic E-state index is 13.7. The lowest BCUT2D eigenvalue weighted by molar-refractivity contribution is -0.118. The van der Waals surface area contributed by atoms with E-state index < -0.39 is 0 Å². The van der Waals surface area contributed by atoms with E-state index in [0.29, 0.717) is 38.0 Å². The van der Waals surface area contributed by atoms with Gasteiger partial charge in [0.1, 0.15) is 5.75 Å². The van der Waals surface area contributed by atoms with E-state index in [4.69, 9.17) is 9.47 Å². The maximum absolute atomic E-state index is 13.7. The minimum Gasteiger partial charge on any atom is -0.496 e. The summed E-state index contributed by atoms with van der Waals surface area (Å²) in [6, 6.07) is 18.1. The van der Waals surface area contributed by atoms with Crippen molar-refractivity contribution in [2.45, 2.75) is 38.5 Å². The first kappa shape index (κ1) is 24.7. The molecule has 4 rings (SSSR count). The van der Waals surface area contributed by atoms with Crippen LogP contribution in [0, 0.1) is 5.92 Å². The van der Waals surface area contributed by atoms with Gasteiger partial charge in [0.2, 0.25) is 5.91 Å². The third-order valence-corrected chi connectivity index (χ3v) is 6.93. The highest BCUT2D eigenvalue weighted by Crippen LogP contribution is 2.44. The van der Waals surface area contributed by atoms with Crippen LogP contribution in [0.2, 0.25) is 0 Å². The Hall–Kier alpha value is -3.38. The Morgan fingerprint density at radius 3 is 2.54 bits per heavy atom. The first-order chi connectivity index (χ1) is 17.0. The fourth-order valence-electron chi connectivity index (χ4n) is 5.31. The van der Waals surface area contributed by atoms with Crippen molar-refractivity contribution in [3.63, 3.8) is 0 Å². The van der Waals surface area contributed by atoms with Crippen molar-refractivity contribution in [3.05, 3.63) is 88.3 Å². The number of amides is 1. The number of carbonyl (C=O) groups is 2. The van der Waals surface area contributed by atoms with Gasteiger partial charge in [-0.25, -0.2) is 0 Å². The molecule has 2 N–H and O–H groups in total. The predicted octanol–water partition coefficient (Wildman–Crippen LogP) is 4.28. The van der Waals surface area contributed by atoms with Gasteiger partial charge in [-0.15, -0.1) is 0 Å². The molecule has 2 aliphatic rings. The predicted molar refractivity (Wildman–Crippen MR) is 136 cm³/mol. The summed E-state index contributed by atoms with van der Waals surface area (Å²) < 4.78 is 10.7. The summed E-state index contributed by atoms with van der Waals surface area (Å²) in [6.07, 6.45) is 2.59. The van der Waals surface area contributed by atoms with E-state index in [1.54, 1.807) is 14.2 Å². The molecule has 35 heavy (non-hydrogen) atoms. The van der Waals surface area contributed by atoms with Gasteiger partial charge in [-0.1, -0.05) is 48.5 Å². The Kier molecular flexibility index (Phi) is 8.03. The topological polar surface area (TPSA) is 76.7 Å². The number of dihydropyridines is 1. The summed E-state index contributed by atoms with van der Waals surface area (Å²) in [6.45, 7) is 2.79. The molecule has 2 aromatic carbocycles. The van der Waals surface area contributed by atoms with Crippen molar-refractivity contribution in [1.82, 2.24) is 10.6 Å². The van der Waals surface area contributed by atoms with Crippen molar-refractivity contribution < 1.29 is 19.1 Å². The summed E-state index contributed by atoms with van der Waals surface area (Å²) >= 11 is 0. The molecule has 0 spiro atoms. The van der Waals surface area contributed by atoms with Gasteiger partial charge in [0.15, 0.2) is 5.78 Å². The Morgan fingerprint density at radius 2 is 1.80 bits per heavy atom. The van der Waals surface area contributed by atoms with Crippen molar-refractivity contribution >= 4 is 11.7 Å². The van der Waals surface area contributed by atoms with Crippen molar-refractivity contribution in [2.24, 2.45) is 5.92 Å². The quantitative estimate of drug-likeness (QED) is 0.531. The lowest BCUT2D eigenvalue weighted by Crippen LogP contribution is -2.40. The van der Waals surface area contributed by atoms with Gasteiger partial charge in [0.25, 0.3) is 0 Å². The van der Waals surface area contributed by atoms with Crippen LogP contribution in [0.3, 0.4) is 0 Å². The molecule has 1 amide bonds. The smallest absolute Gasteiger partial charge is 0.249 e. The second-order valence-corrected chi connectivity index (χ2v) is 9.15. The third kappa shape index (κ3) is 5.49. The number of carbonyl (C=O) groups excluding carboxylic acids is 2. The summed E-state index contributed by atoms with van der Waals surface area (Å²) in [7, 11) is 3.27. The second-order valence-electron chi connectivity index (χ2n) is 9.15. The van der Waals surface area contributed by atoms with Crippen LogP contribution in [0.5, 0.6) is 5.75 Å². The molecule has 1 aliphatic heterocycles. The number of rotatable bonds is 9. The van der Waals surface area contributed by atoms with Gasteiger partial charge in [-0.3, -0.25) is 9.59 Å². The molecule has 0 radical (unpaired) electrons. The molecule has 0 saturated carbocycles. The molecule has 184 valence electrons. The normalized spacial score (nSPS) is 19.8. The number of ketones is 1. The average Bonchev–Trinajstić information content (AvgIpc) is 2.87.